The van der Waals surface area contributed by atoms with Crippen molar-refractivity contribution in [3.05, 3.63) is 120 Å². The summed E-state index contributed by atoms with van der Waals surface area (Å²) >= 11 is 0. The first-order chi connectivity index (χ1) is 14.8. The van der Waals surface area contributed by atoms with Gasteiger partial charge in [-0.3, -0.25) is 0 Å². The summed E-state index contributed by atoms with van der Waals surface area (Å²) in [6, 6.07) is 36.0. The lowest BCUT2D eigenvalue weighted by molar-refractivity contribution is 0.959. The van der Waals surface area contributed by atoms with Crippen LogP contribution in [0.5, 0.6) is 0 Å². The molecule has 4 nitrogen and oxygen atoms in total. The third-order valence-electron chi connectivity index (χ3n) is 4.65. The lowest BCUT2D eigenvalue weighted by Crippen LogP contribution is -1.90. The molecule has 0 N–H and O–H groups in total. The topological polar surface area (TPSA) is 49.4 Å². The van der Waals surface area contributed by atoms with E-state index in [4.69, 9.17) is 0 Å². The number of benzene rings is 4. The van der Waals surface area contributed by atoms with Crippen molar-refractivity contribution in [1.29, 1.82) is 0 Å². The van der Waals surface area contributed by atoms with Crippen molar-refractivity contribution < 1.29 is 0 Å². The fourth-order valence-electron chi connectivity index (χ4n) is 2.97. The highest BCUT2D eigenvalue weighted by molar-refractivity contribution is 5.42. The molecule has 4 aromatic carbocycles. The molecule has 0 aliphatic carbocycles. The van der Waals surface area contributed by atoms with Gasteiger partial charge in [0.1, 0.15) is 0 Å². The van der Waals surface area contributed by atoms with E-state index in [0.717, 1.165) is 35.6 Å². The summed E-state index contributed by atoms with van der Waals surface area (Å²) < 4.78 is 0. The number of hydrogen-bond donors (Lipinski definition) is 0. The maximum Gasteiger partial charge on any atom is 0.0857 e. The normalized spacial score (nSPS) is 11.3. The van der Waals surface area contributed by atoms with Crippen LogP contribution >= 0.6 is 0 Å². The van der Waals surface area contributed by atoms with Crippen LogP contribution < -0.4 is 0 Å². The Kier molecular flexibility index (Phi) is 6.48. The Hall–Kier alpha value is -3.92. The standard InChI is InChI=1S/C26H22N4/c1-3-7-23(8-4-1)27-29-25-17-13-21(14-18-25)11-12-22-15-19-26(20-16-22)30-28-24-9-5-2-6-10-24/h1-10,13-20H,11-12H2/b29-27+,30-28+. The number of azo groups is 2. The Bertz CT molecular complexity index is 1010. The van der Waals surface area contributed by atoms with Crippen LogP contribution in [-0.2, 0) is 12.8 Å². The molecule has 0 bridgehead atoms. The van der Waals surface area contributed by atoms with Gasteiger partial charge in [0.25, 0.3) is 0 Å². The van der Waals surface area contributed by atoms with Crippen LogP contribution in [0.3, 0.4) is 0 Å². The fourth-order valence-corrected chi connectivity index (χ4v) is 2.97. The molecule has 4 heteroatoms. The SMILES string of the molecule is c1ccc(/N=N/c2ccc(CCc3ccc(/N=N/c4ccccc4)cc3)cc2)cc1. The van der Waals surface area contributed by atoms with E-state index in [9.17, 15) is 0 Å². The van der Waals surface area contributed by atoms with Gasteiger partial charge in [-0.2, -0.15) is 20.5 Å². The highest BCUT2D eigenvalue weighted by Crippen LogP contribution is 2.21. The lowest BCUT2D eigenvalue weighted by Gasteiger charge is -2.03. The zero-order chi connectivity index (χ0) is 20.4. The average molecular weight is 390 g/mol. The summed E-state index contributed by atoms with van der Waals surface area (Å²) in [4.78, 5) is 0. The second kappa shape index (κ2) is 10.0. The largest absolute Gasteiger partial charge is 0.151 e. The van der Waals surface area contributed by atoms with Gasteiger partial charge in [-0.05, 0) is 72.5 Å². The lowest BCUT2D eigenvalue weighted by atomic mass is 10.0. The van der Waals surface area contributed by atoms with E-state index in [0.29, 0.717) is 0 Å². The van der Waals surface area contributed by atoms with Gasteiger partial charge in [0.2, 0.25) is 0 Å². The third kappa shape index (κ3) is 5.79. The minimum Gasteiger partial charge on any atom is -0.151 e. The van der Waals surface area contributed by atoms with Crippen LogP contribution in [0.25, 0.3) is 0 Å². The molecule has 4 rings (SSSR count). The van der Waals surface area contributed by atoms with Crippen molar-refractivity contribution >= 4 is 22.7 Å². The Balaban J connectivity index is 1.30. The molecule has 30 heavy (non-hydrogen) atoms. The van der Waals surface area contributed by atoms with E-state index in [1.165, 1.54) is 11.1 Å². The van der Waals surface area contributed by atoms with E-state index in [1.807, 2.05) is 84.9 Å². The Morgan fingerprint density at radius 3 is 0.967 bits per heavy atom. The van der Waals surface area contributed by atoms with Crippen LogP contribution in [0.1, 0.15) is 11.1 Å². The molecule has 0 atom stereocenters. The summed E-state index contributed by atoms with van der Waals surface area (Å²) in [5.74, 6) is 0. The molecule has 0 aliphatic rings. The van der Waals surface area contributed by atoms with Gasteiger partial charge < -0.3 is 0 Å². The van der Waals surface area contributed by atoms with Crippen LogP contribution in [0.4, 0.5) is 22.7 Å². The van der Waals surface area contributed by atoms with Crippen LogP contribution in [0, 0.1) is 0 Å². The van der Waals surface area contributed by atoms with Gasteiger partial charge in [0, 0.05) is 0 Å². The quantitative estimate of drug-likeness (QED) is 0.285. The van der Waals surface area contributed by atoms with Gasteiger partial charge in [-0.25, -0.2) is 0 Å². The Morgan fingerprint density at radius 2 is 0.633 bits per heavy atom. The Morgan fingerprint density at radius 1 is 0.333 bits per heavy atom. The zero-order valence-corrected chi connectivity index (χ0v) is 16.6. The van der Waals surface area contributed by atoms with Gasteiger partial charge >= 0.3 is 0 Å². The molecule has 0 unspecified atom stereocenters. The van der Waals surface area contributed by atoms with Gasteiger partial charge in [-0.15, -0.1) is 0 Å². The van der Waals surface area contributed by atoms with Gasteiger partial charge in [0.15, 0.2) is 0 Å². The highest BCUT2D eigenvalue weighted by atomic mass is 15.1. The number of rotatable bonds is 7. The second-order valence-electron chi connectivity index (χ2n) is 6.90. The third-order valence-corrected chi connectivity index (χ3v) is 4.65. The molecule has 4 aromatic rings. The first-order valence-electron chi connectivity index (χ1n) is 9.97. The molecule has 0 fully saturated rings. The summed E-state index contributed by atoms with van der Waals surface area (Å²) in [5, 5.41) is 17.1. The van der Waals surface area contributed by atoms with E-state index < -0.39 is 0 Å². The molecular weight excluding hydrogens is 368 g/mol. The average Bonchev–Trinajstić information content (AvgIpc) is 2.83. The van der Waals surface area contributed by atoms with Crippen molar-refractivity contribution in [1.82, 2.24) is 0 Å². The van der Waals surface area contributed by atoms with Crippen molar-refractivity contribution in [2.75, 3.05) is 0 Å². The molecule has 0 aliphatic heterocycles. The smallest absolute Gasteiger partial charge is 0.0857 e. The molecule has 0 amide bonds. The van der Waals surface area contributed by atoms with Crippen LogP contribution in [-0.4, -0.2) is 0 Å². The van der Waals surface area contributed by atoms with Crippen molar-refractivity contribution in [2.45, 2.75) is 12.8 Å². The minimum atomic E-state index is 0.855. The first-order valence-corrected chi connectivity index (χ1v) is 9.97. The monoisotopic (exact) mass is 390 g/mol. The summed E-state index contributed by atoms with van der Waals surface area (Å²) in [6.45, 7) is 0. The van der Waals surface area contributed by atoms with Gasteiger partial charge in [0.05, 0.1) is 22.7 Å². The molecular formula is C26H22N4. The number of aryl methyl sites for hydroxylation is 2. The van der Waals surface area contributed by atoms with E-state index in [2.05, 4.69) is 44.7 Å². The minimum absolute atomic E-state index is 0.855. The number of hydrogen-bond acceptors (Lipinski definition) is 4. The molecule has 0 heterocycles. The molecule has 0 saturated carbocycles. The van der Waals surface area contributed by atoms with E-state index in [1.54, 1.807) is 0 Å². The maximum absolute atomic E-state index is 4.29. The van der Waals surface area contributed by atoms with Crippen molar-refractivity contribution in [2.24, 2.45) is 20.5 Å². The summed E-state index contributed by atoms with van der Waals surface area (Å²) in [5.41, 5.74) is 5.98. The molecule has 0 saturated heterocycles. The van der Waals surface area contributed by atoms with Crippen molar-refractivity contribution in [3.8, 4) is 0 Å². The summed E-state index contributed by atoms with van der Waals surface area (Å²) in [7, 11) is 0. The molecule has 0 spiro atoms. The van der Waals surface area contributed by atoms with Crippen LogP contribution in [0.2, 0.25) is 0 Å². The van der Waals surface area contributed by atoms with Gasteiger partial charge in [-0.1, -0.05) is 60.7 Å². The first kappa shape index (κ1) is 19.4. The second-order valence-corrected chi connectivity index (χ2v) is 6.90. The molecule has 0 aromatic heterocycles. The van der Waals surface area contributed by atoms with Crippen LogP contribution in [0.15, 0.2) is 130 Å². The predicted molar refractivity (Wildman–Crippen MR) is 122 cm³/mol. The maximum atomic E-state index is 4.29. The van der Waals surface area contributed by atoms with E-state index >= 15 is 0 Å². The summed E-state index contributed by atoms with van der Waals surface area (Å²) in [6.07, 6.45) is 1.95. The van der Waals surface area contributed by atoms with E-state index in [-0.39, 0.29) is 0 Å². The fraction of sp³-hybridized carbons (Fsp3) is 0.0769. The molecule has 146 valence electrons. The highest BCUT2D eigenvalue weighted by Gasteiger charge is 1.98. The molecule has 0 radical (unpaired) electrons. The van der Waals surface area contributed by atoms with Crippen molar-refractivity contribution in [3.63, 3.8) is 0 Å². The Labute approximate surface area is 176 Å². The number of nitrogens with zero attached hydrogens (tertiary/aromatic N) is 4. The zero-order valence-electron chi connectivity index (χ0n) is 16.6. The predicted octanol–water partition coefficient (Wildman–Crippen LogP) is 8.30.